The van der Waals surface area contributed by atoms with Crippen molar-refractivity contribution in [2.75, 3.05) is 13.2 Å². The lowest BCUT2D eigenvalue weighted by atomic mass is 9.89. The number of hydrogen-bond donors (Lipinski definition) is 1. The topological polar surface area (TPSA) is 45.0 Å². The second-order valence-electron chi connectivity index (χ2n) is 5.65. The second kappa shape index (κ2) is 7.91. The van der Waals surface area contributed by atoms with Crippen molar-refractivity contribution < 1.29 is 4.74 Å². The highest BCUT2D eigenvalue weighted by molar-refractivity contribution is 5.29. The van der Waals surface area contributed by atoms with Gasteiger partial charge in [0.15, 0.2) is 6.61 Å². The number of rotatable bonds is 6. The van der Waals surface area contributed by atoms with Gasteiger partial charge in [0.05, 0.1) is 0 Å². The molecule has 0 bridgehead atoms. The zero-order valence-corrected chi connectivity index (χ0v) is 12.3. The SMILES string of the molecule is CC(NCC1CCCCC1)c1ccc(OCC#N)cc1. The van der Waals surface area contributed by atoms with Crippen molar-refractivity contribution in [3.8, 4) is 11.8 Å². The van der Waals surface area contributed by atoms with Crippen molar-refractivity contribution in [1.82, 2.24) is 5.32 Å². The van der Waals surface area contributed by atoms with Gasteiger partial charge < -0.3 is 10.1 Å². The molecule has 0 aromatic heterocycles. The van der Waals surface area contributed by atoms with Gasteiger partial charge in [-0.25, -0.2) is 0 Å². The van der Waals surface area contributed by atoms with Crippen LogP contribution in [0.25, 0.3) is 0 Å². The van der Waals surface area contributed by atoms with Crippen LogP contribution >= 0.6 is 0 Å². The zero-order valence-electron chi connectivity index (χ0n) is 12.3. The highest BCUT2D eigenvalue weighted by Gasteiger charge is 2.14. The molecule has 0 radical (unpaired) electrons. The number of hydrogen-bond acceptors (Lipinski definition) is 3. The molecule has 3 nitrogen and oxygen atoms in total. The molecule has 0 amide bonds. The van der Waals surface area contributed by atoms with Crippen molar-refractivity contribution >= 4 is 0 Å². The quantitative estimate of drug-likeness (QED) is 0.856. The van der Waals surface area contributed by atoms with E-state index in [1.165, 1.54) is 37.7 Å². The first-order valence-corrected chi connectivity index (χ1v) is 7.62. The van der Waals surface area contributed by atoms with E-state index in [9.17, 15) is 0 Å². The maximum atomic E-state index is 8.48. The fourth-order valence-electron chi connectivity index (χ4n) is 2.82. The maximum Gasteiger partial charge on any atom is 0.174 e. The van der Waals surface area contributed by atoms with Gasteiger partial charge in [0.1, 0.15) is 11.8 Å². The molecule has 20 heavy (non-hydrogen) atoms. The van der Waals surface area contributed by atoms with Gasteiger partial charge >= 0.3 is 0 Å². The predicted octanol–water partition coefficient (Wildman–Crippen LogP) is 3.82. The number of benzene rings is 1. The number of ether oxygens (including phenoxy) is 1. The summed E-state index contributed by atoms with van der Waals surface area (Å²) in [5, 5.41) is 12.1. The van der Waals surface area contributed by atoms with Gasteiger partial charge in [-0.1, -0.05) is 31.4 Å². The summed E-state index contributed by atoms with van der Waals surface area (Å²) < 4.78 is 5.26. The maximum absolute atomic E-state index is 8.48. The summed E-state index contributed by atoms with van der Waals surface area (Å²) in [5.74, 6) is 1.61. The predicted molar refractivity (Wildman–Crippen MR) is 80.5 cm³/mol. The molecule has 1 atom stereocenters. The average Bonchev–Trinajstić information content (AvgIpc) is 2.52. The van der Waals surface area contributed by atoms with Crippen LogP contribution in [0.15, 0.2) is 24.3 Å². The molecule has 108 valence electrons. The molecule has 0 spiro atoms. The summed E-state index contributed by atoms with van der Waals surface area (Å²) in [6.45, 7) is 3.43. The Labute approximate surface area is 121 Å². The van der Waals surface area contributed by atoms with Crippen molar-refractivity contribution in [2.45, 2.75) is 45.1 Å². The van der Waals surface area contributed by atoms with Crippen LogP contribution in [-0.4, -0.2) is 13.2 Å². The highest BCUT2D eigenvalue weighted by Crippen LogP contribution is 2.24. The Morgan fingerprint density at radius 1 is 1.25 bits per heavy atom. The molecule has 0 saturated heterocycles. The second-order valence-corrected chi connectivity index (χ2v) is 5.65. The number of nitrogens with one attached hydrogen (secondary N) is 1. The minimum atomic E-state index is 0.106. The third-order valence-corrected chi connectivity index (χ3v) is 4.12. The van der Waals surface area contributed by atoms with E-state index >= 15 is 0 Å². The summed E-state index contributed by atoms with van der Waals surface area (Å²) in [4.78, 5) is 0. The third-order valence-electron chi connectivity index (χ3n) is 4.12. The van der Waals surface area contributed by atoms with Crippen molar-refractivity contribution in [1.29, 1.82) is 5.26 Å². The Balaban J connectivity index is 1.79. The molecule has 1 unspecified atom stereocenters. The van der Waals surface area contributed by atoms with E-state index < -0.39 is 0 Å². The molecule has 1 aromatic carbocycles. The van der Waals surface area contributed by atoms with Crippen molar-refractivity contribution in [3.63, 3.8) is 0 Å². The molecule has 1 aromatic rings. The zero-order chi connectivity index (χ0) is 14.2. The van der Waals surface area contributed by atoms with Crippen LogP contribution in [0.3, 0.4) is 0 Å². The average molecular weight is 272 g/mol. The van der Waals surface area contributed by atoms with Gasteiger partial charge in [-0.15, -0.1) is 0 Å². The molecule has 3 heteroatoms. The summed E-state index contributed by atoms with van der Waals surface area (Å²) in [5.41, 5.74) is 1.27. The van der Waals surface area contributed by atoms with Crippen LogP contribution in [0.5, 0.6) is 5.75 Å². The largest absolute Gasteiger partial charge is 0.479 e. The Morgan fingerprint density at radius 2 is 1.95 bits per heavy atom. The van der Waals surface area contributed by atoms with Gasteiger partial charge in [-0.2, -0.15) is 5.26 Å². The molecule has 1 fully saturated rings. The molecule has 0 aliphatic heterocycles. The van der Waals surface area contributed by atoms with E-state index in [-0.39, 0.29) is 6.61 Å². The fraction of sp³-hybridized carbons (Fsp3) is 0.588. The summed E-state index contributed by atoms with van der Waals surface area (Å²) in [6, 6.07) is 10.4. The lowest BCUT2D eigenvalue weighted by Crippen LogP contribution is -2.27. The highest BCUT2D eigenvalue weighted by atomic mass is 16.5. The van der Waals surface area contributed by atoms with Gasteiger partial charge in [-0.3, -0.25) is 0 Å². The van der Waals surface area contributed by atoms with Crippen LogP contribution in [0.1, 0.15) is 50.6 Å². The fourth-order valence-corrected chi connectivity index (χ4v) is 2.82. The first-order valence-electron chi connectivity index (χ1n) is 7.62. The first-order chi connectivity index (χ1) is 9.79. The van der Waals surface area contributed by atoms with E-state index in [1.807, 2.05) is 18.2 Å². The summed E-state index contributed by atoms with van der Waals surface area (Å²) in [7, 11) is 0. The van der Waals surface area contributed by atoms with Gasteiger partial charge in [0.25, 0.3) is 0 Å². The normalized spacial score (nSPS) is 17.4. The summed E-state index contributed by atoms with van der Waals surface area (Å²) in [6.07, 6.45) is 6.95. The Morgan fingerprint density at radius 3 is 2.60 bits per heavy atom. The molecular formula is C17H24N2O. The molecule has 2 rings (SSSR count). The minimum absolute atomic E-state index is 0.106. The molecule has 1 aliphatic rings. The van der Waals surface area contributed by atoms with Crippen molar-refractivity contribution in [3.05, 3.63) is 29.8 Å². The Kier molecular flexibility index (Phi) is 5.88. The van der Waals surface area contributed by atoms with Gasteiger partial charge in [0, 0.05) is 6.04 Å². The Bertz CT molecular complexity index is 429. The monoisotopic (exact) mass is 272 g/mol. The number of nitrogens with zero attached hydrogens (tertiary/aromatic N) is 1. The van der Waals surface area contributed by atoms with E-state index in [0.717, 1.165) is 18.2 Å². The van der Waals surface area contributed by atoms with E-state index in [4.69, 9.17) is 10.00 Å². The minimum Gasteiger partial charge on any atom is -0.479 e. The Hall–Kier alpha value is -1.53. The van der Waals surface area contributed by atoms with Gasteiger partial charge in [0.2, 0.25) is 0 Å². The smallest absolute Gasteiger partial charge is 0.174 e. The standard InChI is InChI=1S/C17H24N2O/c1-14(19-13-15-5-3-2-4-6-15)16-7-9-17(10-8-16)20-12-11-18/h7-10,14-15,19H,2-6,12-13H2,1H3. The molecule has 1 aliphatic carbocycles. The molecular weight excluding hydrogens is 248 g/mol. The third kappa shape index (κ3) is 4.54. The van der Waals surface area contributed by atoms with Crippen LogP contribution in [-0.2, 0) is 0 Å². The van der Waals surface area contributed by atoms with Crippen LogP contribution in [0.2, 0.25) is 0 Å². The lowest BCUT2D eigenvalue weighted by molar-refractivity contribution is 0.331. The van der Waals surface area contributed by atoms with Crippen LogP contribution < -0.4 is 10.1 Å². The summed E-state index contributed by atoms with van der Waals surface area (Å²) >= 11 is 0. The molecule has 1 saturated carbocycles. The molecule has 0 heterocycles. The van der Waals surface area contributed by atoms with E-state index in [2.05, 4.69) is 24.4 Å². The van der Waals surface area contributed by atoms with Crippen molar-refractivity contribution in [2.24, 2.45) is 5.92 Å². The van der Waals surface area contributed by atoms with Crippen LogP contribution in [0.4, 0.5) is 0 Å². The van der Waals surface area contributed by atoms with Gasteiger partial charge in [-0.05, 0) is 49.9 Å². The van der Waals surface area contributed by atoms with Crippen LogP contribution in [0, 0.1) is 17.2 Å². The first kappa shape index (κ1) is 14.9. The molecule has 1 N–H and O–H groups in total. The van der Waals surface area contributed by atoms with E-state index in [1.54, 1.807) is 0 Å². The van der Waals surface area contributed by atoms with E-state index in [0.29, 0.717) is 6.04 Å². The number of nitriles is 1. The lowest BCUT2D eigenvalue weighted by Gasteiger charge is -2.24.